The Morgan fingerprint density at radius 3 is 2.64 bits per heavy atom. The molecule has 2 heterocycles. The highest BCUT2D eigenvalue weighted by molar-refractivity contribution is 5.78. The van der Waals surface area contributed by atoms with Crippen molar-refractivity contribution in [1.29, 1.82) is 0 Å². The third-order valence-corrected chi connectivity index (χ3v) is 6.33. The van der Waals surface area contributed by atoms with E-state index in [1.807, 2.05) is 24.3 Å². The summed E-state index contributed by atoms with van der Waals surface area (Å²) in [6.45, 7) is 4.85. The number of fused-ring (bicyclic) bond motifs is 1. The van der Waals surface area contributed by atoms with Crippen LogP contribution in [-0.2, 0) is 16.0 Å². The average molecular weight is 389 g/mol. The minimum Gasteiger partial charge on any atom is -0.497 e. The van der Waals surface area contributed by atoms with E-state index >= 15 is 0 Å². The van der Waals surface area contributed by atoms with Gasteiger partial charge in [0.05, 0.1) is 13.5 Å². The summed E-state index contributed by atoms with van der Waals surface area (Å²) >= 11 is 0. The molecule has 0 aromatic heterocycles. The molecule has 2 saturated heterocycles. The molecule has 3 rings (SSSR count). The fraction of sp³-hybridized carbons (Fsp3) is 0.696. The lowest BCUT2D eigenvalue weighted by Gasteiger charge is -2.45. The maximum Gasteiger partial charge on any atom is 0.227 e. The van der Waals surface area contributed by atoms with Crippen LogP contribution in [0.2, 0.25) is 0 Å². The van der Waals surface area contributed by atoms with Gasteiger partial charge >= 0.3 is 0 Å². The Labute approximate surface area is 170 Å². The van der Waals surface area contributed by atoms with E-state index in [2.05, 4.69) is 9.80 Å². The Balaban J connectivity index is 1.63. The molecule has 1 amide bonds. The lowest BCUT2D eigenvalue weighted by molar-refractivity contribution is -0.132. The standard InChI is InChI=1S/C23H36N2O3/c1-27-16-6-15-25(23(26)17-19-9-11-21(28-2)12-10-19)18-20-7-5-14-24-13-4-3-8-22(20)24/h9-12,20,22H,3-8,13-18H2,1-2H3/t20-,22-/m0/s1. The highest BCUT2D eigenvalue weighted by Gasteiger charge is 2.34. The zero-order chi connectivity index (χ0) is 19.8. The summed E-state index contributed by atoms with van der Waals surface area (Å²) in [4.78, 5) is 17.9. The van der Waals surface area contributed by atoms with E-state index in [9.17, 15) is 4.79 Å². The van der Waals surface area contributed by atoms with Crippen LogP contribution >= 0.6 is 0 Å². The summed E-state index contributed by atoms with van der Waals surface area (Å²) in [5, 5.41) is 0. The van der Waals surface area contributed by atoms with Crippen molar-refractivity contribution in [3.8, 4) is 5.75 Å². The molecule has 156 valence electrons. The quantitative estimate of drug-likeness (QED) is 0.608. The highest BCUT2D eigenvalue weighted by atomic mass is 16.5. The van der Waals surface area contributed by atoms with Gasteiger partial charge in [0, 0.05) is 32.8 Å². The Kier molecular flexibility index (Phi) is 8.16. The van der Waals surface area contributed by atoms with Gasteiger partial charge < -0.3 is 19.3 Å². The van der Waals surface area contributed by atoms with Gasteiger partial charge in [-0.3, -0.25) is 4.79 Å². The average Bonchev–Trinajstić information content (AvgIpc) is 2.74. The monoisotopic (exact) mass is 388 g/mol. The molecule has 0 unspecified atom stereocenters. The normalized spacial score (nSPS) is 22.5. The van der Waals surface area contributed by atoms with Crippen LogP contribution in [0, 0.1) is 5.92 Å². The Bertz CT molecular complexity index is 602. The zero-order valence-electron chi connectivity index (χ0n) is 17.6. The molecule has 0 spiro atoms. The Morgan fingerprint density at radius 2 is 1.89 bits per heavy atom. The van der Waals surface area contributed by atoms with E-state index in [-0.39, 0.29) is 5.91 Å². The molecule has 1 aromatic rings. The van der Waals surface area contributed by atoms with E-state index in [0.29, 0.717) is 25.0 Å². The maximum absolute atomic E-state index is 13.1. The predicted molar refractivity (Wildman–Crippen MR) is 112 cm³/mol. The molecule has 2 fully saturated rings. The number of hydrogen-bond acceptors (Lipinski definition) is 4. The van der Waals surface area contributed by atoms with E-state index in [1.54, 1.807) is 14.2 Å². The first-order valence-electron chi connectivity index (χ1n) is 10.8. The van der Waals surface area contributed by atoms with Crippen molar-refractivity contribution in [2.24, 2.45) is 5.92 Å². The second-order valence-corrected chi connectivity index (χ2v) is 8.21. The minimum absolute atomic E-state index is 0.231. The molecule has 2 aliphatic heterocycles. The van der Waals surface area contributed by atoms with Gasteiger partial charge in [-0.25, -0.2) is 0 Å². The molecule has 1 aromatic carbocycles. The molecule has 5 nitrogen and oxygen atoms in total. The molecule has 0 saturated carbocycles. The van der Waals surface area contributed by atoms with Gasteiger partial charge in [-0.2, -0.15) is 0 Å². The van der Waals surface area contributed by atoms with Crippen LogP contribution in [-0.4, -0.2) is 68.8 Å². The zero-order valence-corrected chi connectivity index (χ0v) is 17.6. The largest absolute Gasteiger partial charge is 0.497 e. The van der Waals surface area contributed by atoms with Gasteiger partial charge in [0.1, 0.15) is 5.75 Å². The first-order chi connectivity index (χ1) is 13.7. The summed E-state index contributed by atoms with van der Waals surface area (Å²) in [5.74, 6) is 1.67. The van der Waals surface area contributed by atoms with Crippen LogP contribution in [0.25, 0.3) is 0 Å². The number of carbonyl (C=O) groups excluding carboxylic acids is 1. The Morgan fingerprint density at radius 1 is 1.11 bits per heavy atom. The third-order valence-electron chi connectivity index (χ3n) is 6.33. The first-order valence-corrected chi connectivity index (χ1v) is 10.8. The highest BCUT2D eigenvalue weighted by Crippen LogP contribution is 2.31. The van der Waals surface area contributed by atoms with Crippen molar-refractivity contribution in [2.45, 2.75) is 51.0 Å². The summed E-state index contributed by atoms with van der Waals surface area (Å²) in [6, 6.07) is 8.51. The number of rotatable bonds is 9. The smallest absolute Gasteiger partial charge is 0.227 e. The van der Waals surface area contributed by atoms with Gasteiger partial charge in [0.25, 0.3) is 0 Å². The van der Waals surface area contributed by atoms with Gasteiger partial charge in [0.15, 0.2) is 0 Å². The SMILES string of the molecule is COCCCN(C[C@@H]1CCCN2CCCC[C@@H]12)C(=O)Cc1ccc(OC)cc1. The summed E-state index contributed by atoms with van der Waals surface area (Å²) in [5.41, 5.74) is 1.05. The van der Waals surface area contributed by atoms with Gasteiger partial charge in [-0.05, 0) is 68.8 Å². The summed E-state index contributed by atoms with van der Waals surface area (Å²) in [6.07, 6.45) is 7.82. The number of nitrogens with zero attached hydrogens (tertiary/aromatic N) is 2. The van der Waals surface area contributed by atoms with Gasteiger partial charge in [-0.1, -0.05) is 18.6 Å². The number of amides is 1. The second-order valence-electron chi connectivity index (χ2n) is 8.21. The molecule has 0 radical (unpaired) electrons. The number of ether oxygens (including phenoxy) is 2. The number of methoxy groups -OCH3 is 2. The fourth-order valence-electron chi connectivity index (χ4n) is 4.82. The number of piperidine rings is 2. The molecule has 28 heavy (non-hydrogen) atoms. The summed E-state index contributed by atoms with van der Waals surface area (Å²) in [7, 11) is 3.39. The third kappa shape index (κ3) is 5.71. The van der Waals surface area contributed by atoms with E-state index in [4.69, 9.17) is 9.47 Å². The van der Waals surface area contributed by atoms with Crippen LogP contribution in [0.1, 0.15) is 44.1 Å². The van der Waals surface area contributed by atoms with E-state index in [0.717, 1.165) is 30.8 Å². The minimum atomic E-state index is 0.231. The van der Waals surface area contributed by atoms with Crippen molar-refractivity contribution < 1.29 is 14.3 Å². The van der Waals surface area contributed by atoms with Crippen LogP contribution in [0.5, 0.6) is 5.75 Å². The van der Waals surface area contributed by atoms with Crippen molar-refractivity contribution in [3.63, 3.8) is 0 Å². The van der Waals surface area contributed by atoms with Crippen molar-refractivity contribution in [3.05, 3.63) is 29.8 Å². The maximum atomic E-state index is 13.1. The number of carbonyl (C=O) groups is 1. The number of hydrogen-bond donors (Lipinski definition) is 0. The fourth-order valence-corrected chi connectivity index (χ4v) is 4.82. The van der Waals surface area contributed by atoms with Crippen LogP contribution in [0.4, 0.5) is 0 Å². The van der Waals surface area contributed by atoms with Crippen molar-refractivity contribution >= 4 is 5.91 Å². The molecular formula is C23H36N2O3. The van der Waals surface area contributed by atoms with Crippen molar-refractivity contribution in [2.75, 3.05) is 47.0 Å². The molecule has 0 bridgehead atoms. The molecule has 0 N–H and O–H groups in total. The van der Waals surface area contributed by atoms with Crippen LogP contribution in [0.3, 0.4) is 0 Å². The molecule has 5 heteroatoms. The van der Waals surface area contributed by atoms with Crippen molar-refractivity contribution in [1.82, 2.24) is 9.80 Å². The first kappa shape index (κ1) is 21.1. The van der Waals surface area contributed by atoms with Gasteiger partial charge in [0.2, 0.25) is 5.91 Å². The second kappa shape index (κ2) is 10.8. The van der Waals surface area contributed by atoms with Crippen LogP contribution < -0.4 is 4.74 Å². The number of benzene rings is 1. The summed E-state index contributed by atoms with van der Waals surface area (Å²) < 4.78 is 10.5. The molecule has 2 atom stereocenters. The predicted octanol–water partition coefficient (Wildman–Crippen LogP) is 3.37. The Hall–Kier alpha value is -1.59. The van der Waals surface area contributed by atoms with Gasteiger partial charge in [-0.15, -0.1) is 0 Å². The lowest BCUT2D eigenvalue weighted by atomic mass is 9.83. The van der Waals surface area contributed by atoms with Crippen LogP contribution in [0.15, 0.2) is 24.3 Å². The molecular weight excluding hydrogens is 352 g/mol. The topological polar surface area (TPSA) is 42.0 Å². The molecule has 2 aliphatic rings. The van der Waals surface area contributed by atoms with E-state index < -0.39 is 0 Å². The lowest BCUT2D eigenvalue weighted by Crippen LogP contribution is -2.52. The molecule has 0 aliphatic carbocycles. The van der Waals surface area contributed by atoms with E-state index in [1.165, 1.54) is 45.2 Å².